The number of nitrogens with zero attached hydrogens (tertiary/aromatic N) is 4. The summed E-state index contributed by atoms with van der Waals surface area (Å²) in [4.78, 5) is 16.1. The van der Waals surface area contributed by atoms with Crippen molar-refractivity contribution in [3.63, 3.8) is 0 Å². The van der Waals surface area contributed by atoms with Gasteiger partial charge in [0.1, 0.15) is 17.2 Å². The molecule has 408 valence electrons. The van der Waals surface area contributed by atoms with Crippen molar-refractivity contribution < 1.29 is 30.6 Å². The molecule has 0 amide bonds. The second-order valence-corrected chi connectivity index (χ2v) is 26.7. The van der Waals surface area contributed by atoms with Gasteiger partial charge in [0, 0.05) is 61.2 Å². The van der Waals surface area contributed by atoms with Crippen molar-refractivity contribution in [3.8, 4) is 78.7 Å². The molecular formula is C73H73N4O2Pt-. The fourth-order valence-corrected chi connectivity index (χ4v) is 10.9. The molecule has 0 aliphatic carbocycles. The molecule has 1 N–H and O–H groups in total. The van der Waals surface area contributed by atoms with Gasteiger partial charge in [0.2, 0.25) is 0 Å². The number of furan rings is 1. The zero-order valence-corrected chi connectivity index (χ0v) is 51.3. The van der Waals surface area contributed by atoms with E-state index in [4.69, 9.17) is 19.4 Å². The van der Waals surface area contributed by atoms with E-state index in [1.807, 2.05) is 24.5 Å². The molecule has 0 bridgehead atoms. The fraction of sp³-hybridized carbons (Fsp3) is 0.274. The Morgan fingerprint density at radius 1 is 0.487 bits per heavy atom. The number of phenolic OH excluding ortho intramolecular Hbond substituents is 1. The molecule has 0 unspecified atom stereocenters. The first-order valence-corrected chi connectivity index (χ1v) is 27.8. The third kappa shape index (κ3) is 10.4. The van der Waals surface area contributed by atoms with E-state index in [2.05, 4.69) is 254 Å². The van der Waals surface area contributed by atoms with Crippen molar-refractivity contribution >= 4 is 33.0 Å². The van der Waals surface area contributed by atoms with Gasteiger partial charge in [-0.25, -0.2) is 4.98 Å². The Hall–Kier alpha value is -7.40. The van der Waals surface area contributed by atoms with Gasteiger partial charge in [0.25, 0.3) is 0 Å². The van der Waals surface area contributed by atoms with Crippen LogP contribution in [-0.4, -0.2) is 24.6 Å². The standard InChI is InChI=1S/C73H73N4O2.Pt/c1-69(2,3)49-29-30-60(54(41-49)45-25-20-17-21-26-45)77-61-28-22-27-53(65(61)76-68(77)57-42-52(72(10,11)12)43-58(66(57)78)73(13,14)15)47-37-55(59-39-46(31-33-74-59)44-23-18-16-19-24-44)67-56(38-47)63-62(79-67)32-34-75-64(63)48-35-50(70(4,5)6)40-51(36-48)71(7,8)9;/h16-36,38-43,78H,1-15H3;/q-1;. The normalized spacial score (nSPS) is 12.6. The number of fused-ring (bicyclic) bond motifs is 4. The maximum absolute atomic E-state index is 12.8. The van der Waals surface area contributed by atoms with Crippen molar-refractivity contribution in [1.29, 1.82) is 0 Å². The molecule has 0 radical (unpaired) electrons. The summed E-state index contributed by atoms with van der Waals surface area (Å²) >= 11 is 0. The van der Waals surface area contributed by atoms with Crippen LogP contribution in [0.2, 0.25) is 0 Å². The van der Waals surface area contributed by atoms with Crippen molar-refractivity contribution in [3.05, 3.63) is 198 Å². The number of phenols is 1. The molecule has 7 aromatic carbocycles. The Morgan fingerprint density at radius 3 is 1.71 bits per heavy atom. The molecule has 6 nitrogen and oxygen atoms in total. The van der Waals surface area contributed by atoms with Gasteiger partial charge in [-0.1, -0.05) is 212 Å². The molecule has 0 fully saturated rings. The average molecular weight is 1230 g/mol. The largest absolute Gasteiger partial charge is 0.507 e. The Kier molecular flexibility index (Phi) is 14.2. The fourth-order valence-electron chi connectivity index (χ4n) is 10.9. The van der Waals surface area contributed by atoms with Gasteiger partial charge in [-0.2, -0.15) is 0 Å². The van der Waals surface area contributed by atoms with E-state index in [9.17, 15) is 5.11 Å². The minimum atomic E-state index is -0.373. The van der Waals surface area contributed by atoms with Crippen molar-refractivity contribution in [2.45, 2.75) is 131 Å². The Balaban J connectivity index is 0.00000720. The summed E-state index contributed by atoms with van der Waals surface area (Å²) in [6.07, 6.45) is 3.74. The molecule has 0 saturated heterocycles. The Labute approximate surface area is 487 Å². The maximum Gasteiger partial charge on any atom is 0.148 e. The summed E-state index contributed by atoms with van der Waals surface area (Å²) in [5.41, 5.74) is 18.8. The molecule has 0 aliphatic rings. The van der Waals surface area contributed by atoms with Crippen LogP contribution >= 0.6 is 0 Å². The van der Waals surface area contributed by atoms with Crippen molar-refractivity contribution in [2.75, 3.05) is 0 Å². The van der Waals surface area contributed by atoms with Crippen LogP contribution in [0.5, 0.6) is 5.75 Å². The van der Waals surface area contributed by atoms with Crippen molar-refractivity contribution in [1.82, 2.24) is 19.5 Å². The van der Waals surface area contributed by atoms with Gasteiger partial charge >= 0.3 is 0 Å². The van der Waals surface area contributed by atoms with Gasteiger partial charge in [-0.3, -0.25) is 14.5 Å². The monoisotopic (exact) mass is 1230 g/mol. The van der Waals surface area contributed by atoms with Crippen LogP contribution in [0.1, 0.15) is 132 Å². The molecule has 0 saturated carbocycles. The number of aromatic nitrogens is 4. The number of pyridine rings is 2. The van der Waals surface area contributed by atoms with Gasteiger partial charge in [-0.15, -0.1) is 17.7 Å². The zero-order valence-electron chi connectivity index (χ0n) is 49.0. The summed E-state index contributed by atoms with van der Waals surface area (Å²) in [6.45, 7) is 33.6. The predicted molar refractivity (Wildman–Crippen MR) is 331 cm³/mol. The molecule has 80 heavy (non-hydrogen) atoms. The molecule has 0 spiro atoms. The number of hydrogen-bond acceptors (Lipinski definition) is 5. The van der Waals surface area contributed by atoms with E-state index >= 15 is 0 Å². The van der Waals surface area contributed by atoms with E-state index in [0.717, 1.165) is 100 Å². The molecule has 0 atom stereocenters. The van der Waals surface area contributed by atoms with Crippen LogP contribution in [0.25, 0.3) is 106 Å². The van der Waals surface area contributed by atoms with Gasteiger partial charge in [0.15, 0.2) is 0 Å². The third-order valence-electron chi connectivity index (χ3n) is 15.7. The van der Waals surface area contributed by atoms with E-state index in [1.165, 1.54) is 16.7 Å². The second-order valence-electron chi connectivity index (χ2n) is 26.7. The van der Waals surface area contributed by atoms with E-state index in [-0.39, 0.29) is 53.9 Å². The first-order chi connectivity index (χ1) is 37.2. The third-order valence-corrected chi connectivity index (χ3v) is 15.7. The SMILES string of the molecule is CC(C)(C)c1cc(-c2nccc3oc4c(-c5cc(-c6ccccc6)ccn5)[c-]c(-c5cccc6c5nc(-c5cc(C(C)(C)C)cc(C(C)(C)C)c5O)n6-c5ccc(C(C)(C)C)cc5-c5ccccc5)cc4c23)cc(C(C)(C)C)c1.[Pt]. The predicted octanol–water partition coefficient (Wildman–Crippen LogP) is 19.7. The summed E-state index contributed by atoms with van der Waals surface area (Å²) in [6, 6.07) is 57.9. The first kappa shape index (κ1) is 55.9. The van der Waals surface area contributed by atoms with Crippen molar-refractivity contribution in [2.24, 2.45) is 0 Å². The maximum atomic E-state index is 12.8. The summed E-state index contributed by atoms with van der Waals surface area (Å²) < 4.78 is 9.35. The van der Waals surface area contributed by atoms with Crippen LogP contribution in [0.4, 0.5) is 0 Å². The van der Waals surface area contributed by atoms with E-state index in [1.54, 1.807) is 0 Å². The summed E-state index contributed by atoms with van der Waals surface area (Å²) in [5, 5.41) is 14.6. The summed E-state index contributed by atoms with van der Waals surface area (Å²) in [7, 11) is 0. The first-order valence-electron chi connectivity index (χ1n) is 27.8. The quantitative estimate of drug-likeness (QED) is 0.161. The van der Waals surface area contributed by atoms with Crippen LogP contribution in [0, 0.1) is 6.07 Å². The van der Waals surface area contributed by atoms with E-state index < -0.39 is 0 Å². The Bertz CT molecular complexity index is 4120. The molecule has 4 aromatic heterocycles. The van der Waals surface area contributed by atoms with E-state index in [0.29, 0.717) is 17.0 Å². The van der Waals surface area contributed by atoms with Gasteiger partial charge in [-0.05, 0) is 120 Å². The van der Waals surface area contributed by atoms with Crippen LogP contribution < -0.4 is 0 Å². The number of imidazole rings is 1. The molecule has 4 heterocycles. The molecule has 11 aromatic rings. The van der Waals surface area contributed by atoms with Crippen LogP contribution in [0.15, 0.2) is 168 Å². The van der Waals surface area contributed by atoms with Gasteiger partial charge < -0.3 is 9.52 Å². The second kappa shape index (κ2) is 20.3. The summed E-state index contributed by atoms with van der Waals surface area (Å²) in [5.74, 6) is 0.866. The molecule has 7 heteroatoms. The number of hydrogen-bond donors (Lipinski definition) is 1. The van der Waals surface area contributed by atoms with Crippen LogP contribution in [-0.2, 0) is 48.1 Å². The number of rotatable bonds is 7. The topological polar surface area (TPSA) is 77.0 Å². The molecule has 0 aliphatic heterocycles. The Morgan fingerprint density at radius 2 is 1.09 bits per heavy atom. The zero-order chi connectivity index (χ0) is 56.1. The van der Waals surface area contributed by atoms with Gasteiger partial charge in [0.05, 0.1) is 33.6 Å². The molecular weight excluding hydrogens is 1160 g/mol. The smallest absolute Gasteiger partial charge is 0.148 e. The number of aromatic hydroxyl groups is 1. The average Bonchev–Trinajstić information content (AvgIpc) is 4.22. The number of para-hydroxylation sites is 1. The number of benzene rings is 7. The minimum Gasteiger partial charge on any atom is -0.507 e. The van der Waals surface area contributed by atoms with Crippen LogP contribution in [0.3, 0.4) is 0 Å². The minimum absolute atomic E-state index is 0. The molecule has 11 rings (SSSR count).